The Morgan fingerprint density at radius 2 is 2.11 bits per heavy atom. The van der Waals surface area contributed by atoms with Crippen molar-refractivity contribution in [1.29, 1.82) is 0 Å². The Kier molecular flexibility index (Phi) is 5.83. The fraction of sp³-hybridized carbons (Fsp3) is 0.533. The number of methoxy groups -OCH3 is 1. The second-order valence-electron chi connectivity index (χ2n) is 4.93. The molecule has 1 amide bonds. The Labute approximate surface area is 114 Å². The zero-order valence-corrected chi connectivity index (χ0v) is 12.1. The molecular weight excluding hydrogens is 242 g/mol. The van der Waals surface area contributed by atoms with Crippen molar-refractivity contribution < 1.29 is 14.6 Å². The lowest BCUT2D eigenvalue weighted by Crippen LogP contribution is -2.28. The molecule has 106 valence electrons. The molecule has 0 saturated carbocycles. The number of carbonyl (C=O) groups excluding carboxylic acids is 1. The van der Waals surface area contributed by atoms with E-state index in [2.05, 4.69) is 25.2 Å². The summed E-state index contributed by atoms with van der Waals surface area (Å²) in [6, 6.07) is 4.18. The Morgan fingerprint density at radius 1 is 1.42 bits per heavy atom. The largest absolute Gasteiger partial charge is 0.496 e. The van der Waals surface area contributed by atoms with Crippen molar-refractivity contribution in [3.63, 3.8) is 0 Å². The van der Waals surface area contributed by atoms with Gasteiger partial charge in [0.2, 0.25) is 5.91 Å². The molecule has 0 aliphatic heterocycles. The highest BCUT2D eigenvalue weighted by atomic mass is 16.5. The molecule has 0 aliphatic rings. The van der Waals surface area contributed by atoms with Gasteiger partial charge >= 0.3 is 0 Å². The first kappa shape index (κ1) is 15.5. The van der Waals surface area contributed by atoms with Crippen LogP contribution in [0, 0.1) is 6.92 Å². The average Bonchev–Trinajstić information content (AvgIpc) is 2.39. The lowest BCUT2D eigenvalue weighted by molar-refractivity contribution is -0.123. The standard InChI is InChI=1S/C15H23NO3/c1-10(2)13-8-12(5-6-16-15(18)9-17)11(3)7-14(13)19-4/h7-8,10,17H,5-6,9H2,1-4H3,(H,16,18). The number of carbonyl (C=O) groups is 1. The van der Waals surface area contributed by atoms with Gasteiger partial charge in [0, 0.05) is 6.54 Å². The summed E-state index contributed by atoms with van der Waals surface area (Å²) in [4.78, 5) is 11.0. The second kappa shape index (κ2) is 7.14. The highest BCUT2D eigenvalue weighted by Gasteiger charge is 2.11. The number of aryl methyl sites for hydroxylation is 1. The molecule has 1 aromatic carbocycles. The van der Waals surface area contributed by atoms with Gasteiger partial charge in [0.15, 0.2) is 0 Å². The molecule has 0 heterocycles. The number of aliphatic hydroxyl groups excluding tert-OH is 1. The summed E-state index contributed by atoms with van der Waals surface area (Å²) in [6.07, 6.45) is 0.751. The van der Waals surface area contributed by atoms with Gasteiger partial charge in [-0.3, -0.25) is 4.79 Å². The van der Waals surface area contributed by atoms with Crippen molar-refractivity contribution >= 4 is 5.91 Å². The maximum absolute atomic E-state index is 11.0. The van der Waals surface area contributed by atoms with E-state index in [-0.39, 0.29) is 5.91 Å². The van der Waals surface area contributed by atoms with Crippen LogP contribution in [-0.4, -0.2) is 31.3 Å². The van der Waals surface area contributed by atoms with Gasteiger partial charge in [-0.15, -0.1) is 0 Å². The van der Waals surface area contributed by atoms with Gasteiger partial charge in [0.25, 0.3) is 0 Å². The van der Waals surface area contributed by atoms with E-state index >= 15 is 0 Å². The number of hydrogen-bond acceptors (Lipinski definition) is 3. The fourth-order valence-electron chi connectivity index (χ4n) is 2.04. The van der Waals surface area contributed by atoms with E-state index in [9.17, 15) is 4.79 Å². The zero-order chi connectivity index (χ0) is 14.4. The maximum Gasteiger partial charge on any atom is 0.245 e. The van der Waals surface area contributed by atoms with Crippen LogP contribution in [0.15, 0.2) is 12.1 Å². The van der Waals surface area contributed by atoms with Crippen LogP contribution in [0.5, 0.6) is 5.75 Å². The van der Waals surface area contributed by atoms with Crippen LogP contribution in [0.4, 0.5) is 0 Å². The Hall–Kier alpha value is -1.55. The maximum atomic E-state index is 11.0. The first-order valence-corrected chi connectivity index (χ1v) is 6.54. The van der Waals surface area contributed by atoms with Crippen LogP contribution >= 0.6 is 0 Å². The smallest absolute Gasteiger partial charge is 0.245 e. The summed E-state index contributed by atoms with van der Waals surface area (Å²) in [7, 11) is 1.68. The molecule has 0 atom stereocenters. The second-order valence-corrected chi connectivity index (χ2v) is 4.93. The van der Waals surface area contributed by atoms with Crippen molar-refractivity contribution in [2.45, 2.75) is 33.1 Å². The Balaban J connectivity index is 2.83. The van der Waals surface area contributed by atoms with Gasteiger partial charge < -0.3 is 15.2 Å². The monoisotopic (exact) mass is 265 g/mol. The molecule has 0 unspecified atom stereocenters. The Morgan fingerprint density at radius 3 is 2.63 bits per heavy atom. The molecule has 19 heavy (non-hydrogen) atoms. The number of ether oxygens (including phenoxy) is 1. The van der Waals surface area contributed by atoms with Crippen molar-refractivity contribution in [3.05, 3.63) is 28.8 Å². The van der Waals surface area contributed by atoms with Crippen molar-refractivity contribution in [2.75, 3.05) is 20.3 Å². The molecule has 0 bridgehead atoms. The van der Waals surface area contributed by atoms with Crippen LogP contribution < -0.4 is 10.1 Å². The fourth-order valence-corrected chi connectivity index (χ4v) is 2.04. The molecule has 1 aromatic rings. The predicted molar refractivity (Wildman–Crippen MR) is 75.6 cm³/mol. The normalized spacial score (nSPS) is 10.6. The first-order chi connectivity index (χ1) is 8.99. The lowest BCUT2D eigenvalue weighted by atomic mass is 9.95. The number of aliphatic hydroxyl groups is 1. The minimum atomic E-state index is -0.459. The molecular formula is C15H23NO3. The summed E-state index contributed by atoms with van der Waals surface area (Å²) in [5.41, 5.74) is 3.53. The van der Waals surface area contributed by atoms with Crippen LogP contribution in [0.3, 0.4) is 0 Å². The van der Waals surface area contributed by atoms with Gasteiger partial charge in [0.05, 0.1) is 7.11 Å². The molecule has 0 aromatic heterocycles. The van der Waals surface area contributed by atoms with Crippen LogP contribution in [-0.2, 0) is 11.2 Å². The number of amides is 1. The van der Waals surface area contributed by atoms with E-state index < -0.39 is 6.61 Å². The van der Waals surface area contributed by atoms with Crippen molar-refractivity contribution in [2.24, 2.45) is 0 Å². The average molecular weight is 265 g/mol. The molecule has 0 radical (unpaired) electrons. The molecule has 0 saturated heterocycles. The van der Waals surface area contributed by atoms with Crippen LogP contribution in [0.2, 0.25) is 0 Å². The van der Waals surface area contributed by atoms with E-state index in [1.54, 1.807) is 7.11 Å². The zero-order valence-electron chi connectivity index (χ0n) is 12.1. The van der Waals surface area contributed by atoms with E-state index in [0.29, 0.717) is 12.5 Å². The molecule has 4 heteroatoms. The lowest BCUT2D eigenvalue weighted by Gasteiger charge is -2.16. The van der Waals surface area contributed by atoms with Gasteiger partial charge in [-0.05, 0) is 42.0 Å². The van der Waals surface area contributed by atoms with Gasteiger partial charge in [-0.2, -0.15) is 0 Å². The third kappa shape index (κ3) is 4.24. The highest BCUT2D eigenvalue weighted by Crippen LogP contribution is 2.29. The summed E-state index contributed by atoms with van der Waals surface area (Å²) in [5, 5.41) is 11.3. The van der Waals surface area contributed by atoms with Crippen LogP contribution in [0.25, 0.3) is 0 Å². The summed E-state index contributed by atoms with van der Waals surface area (Å²) < 4.78 is 5.40. The number of benzene rings is 1. The molecule has 0 spiro atoms. The van der Waals surface area contributed by atoms with E-state index in [4.69, 9.17) is 9.84 Å². The van der Waals surface area contributed by atoms with E-state index in [1.807, 2.05) is 13.0 Å². The third-order valence-corrected chi connectivity index (χ3v) is 3.17. The van der Waals surface area contributed by atoms with Crippen LogP contribution in [0.1, 0.15) is 36.5 Å². The van der Waals surface area contributed by atoms with Gasteiger partial charge in [-0.25, -0.2) is 0 Å². The third-order valence-electron chi connectivity index (χ3n) is 3.17. The number of nitrogens with one attached hydrogen (secondary N) is 1. The quantitative estimate of drug-likeness (QED) is 0.824. The molecule has 0 aliphatic carbocycles. The molecule has 1 rings (SSSR count). The SMILES string of the molecule is COc1cc(C)c(CCNC(=O)CO)cc1C(C)C. The minimum Gasteiger partial charge on any atom is -0.496 e. The van der Waals surface area contributed by atoms with Crippen molar-refractivity contribution in [1.82, 2.24) is 5.32 Å². The molecule has 2 N–H and O–H groups in total. The van der Waals surface area contributed by atoms with Gasteiger partial charge in [-0.1, -0.05) is 19.9 Å². The predicted octanol–water partition coefficient (Wildman–Crippen LogP) is 1.78. The first-order valence-electron chi connectivity index (χ1n) is 6.54. The topological polar surface area (TPSA) is 58.6 Å². The van der Waals surface area contributed by atoms with Gasteiger partial charge in [0.1, 0.15) is 12.4 Å². The molecule has 4 nitrogen and oxygen atoms in total. The summed E-state index contributed by atoms with van der Waals surface area (Å²) >= 11 is 0. The van der Waals surface area contributed by atoms with Crippen molar-refractivity contribution in [3.8, 4) is 5.75 Å². The number of hydrogen-bond donors (Lipinski definition) is 2. The van der Waals surface area contributed by atoms with E-state index in [0.717, 1.165) is 17.7 Å². The summed E-state index contributed by atoms with van der Waals surface area (Å²) in [5.74, 6) is 0.965. The molecule has 0 fully saturated rings. The Bertz CT molecular complexity index is 441. The summed E-state index contributed by atoms with van der Waals surface area (Å²) in [6.45, 7) is 6.37. The minimum absolute atomic E-state index is 0.338. The van der Waals surface area contributed by atoms with E-state index in [1.165, 1.54) is 11.1 Å². The number of rotatable bonds is 6. The highest BCUT2D eigenvalue weighted by molar-refractivity contribution is 5.76.